The Morgan fingerprint density at radius 2 is 2.33 bits per heavy atom. The molecular formula is C8H9F2IN2O2. The van der Waals surface area contributed by atoms with Gasteiger partial charge in [-0.05, 0) is 29.5 Å². The van der Waals surface area contributed by atoms with Crippen LogP contribution in [-0.2, 0) is 4.79 Å². The topological polar surface area (TPSA) is 55.1 Å². The second-order valence-electron chi connectivity index (χ2n) is 3.07. The van der Waals surface area contributed by atoms with Crippen molar-refractivity contribution in [2.24, 2.45) is 0 Å². The van der Waals surface area contributed by atoms with E-state index in [-0.39, 0.29) is 12.1 Å². The molecule has 4 nitrogen and oxygen atoms in total. The molecule has 1 atom stereocenters. The van der Waals surface area contributed by atoms with Crippen molar-refractivity contribution < 1.29 is 18.7 Å². The van der Waals surface area contributed by atoms with E-state index in [0.29, 0.717) is 3.57 Å². The summed E-state index contributed by atoms with van der Waals surface area (Å²) in [4.78, 5) is 10.4. The third-order valence-electron chi connectivity index (χ3n) is 1.88. The number of carboxylic acids is 1. The van der Waals surface area contributed by atoms with Crippen LogP contribution in [0.4, 0.5) is 8.78 Å². The third kappa shape index (κ3) is 2.86. The minimum atomic E-state index is -2.64. The number of halogens is 3. The fourth-order valence-corrected chi connectivity index (χ4v) is 1.85. The number of aromatic nitrogens is 2. The molecule has 0 aliphatic carbocycles. The van der Waals surface area contributed by atoms with Gasteiger partial charge < -0.3 is 5.11 Å². The molecule has 0 aliphatic heterocycles. The number of alkyl halides is 2. The molecule has 1 N–H and O–H groups in total. The quantitative estimate of drug-likeness (QED) is 0.863. The number of carboxylic acid groups (broad SMARTS) is 1. The second-order valence-corrected chi connectivity index (χ2v) is 4.23. The molecule has 0 saturated carbocycles. The van der Waals surface area contributed by atoms with Crippen molar-refractivity contribution in [3.05, 3.63) is 15.5 Å². The molecule has 1 rings (SSSR count). The van der Waals surface area contributed by atoms with Crippen molar-refractivity contribution in [1.82, 2.24) is 9.78 Å². The van der Waals surface area contributed by atoms with Crippen LogP contribution in [0, 0.1) is 3.57 Å². The van der Waals surface area contributed by atoms with E-state index in [1.807, 2.05) is 0 Å². The first-order valence-electron chi connectivity index (χ1n) is 4.16. The number of carbonyl (C=O) groups is 1. The first kappa shape index (κ1) is 12.3. The van der Waals surface area contributed by atoms with Gasteiger partial charge in [-0.1, -0.05) is 0 Å². The molecule has 0 amide bonds. The highest BCUT2D eigenvalue weighted by Crippen LogP contribution is 2.27. The number of hydrogen-bond acceptors (Lipinski definition) is 2. The number of nitrogens with zero attached hydrogens (tertiary/aromatic N) is 2. The van der Waals surface area contributed by atoms with Gasteiger partial charge in [-0.3, -0.25) is 9.48 Å². The van der Waals surface area contributed by atoms with Crippen molar-refractivity contribution in [1.29, 1.82) is 0 Å². The van der Waals surface area contributed by atoms with E-state index in [0.717, 1.165) is 4.68 Å². The van der Waals surface area contributed by atoms with E-state index in [4.69, 9.17) is 5.11 Å². The Hall–Kier alpha value is -0.730. The number of rotatable bonds is 4. The Morgan fingerprint density at radius 3 is 2.80 bits per heavy atom. The maximum atomic E-state index is 12.6. The fourth-order valence-electron chi connectivity index (χ4n) is 1.25. The van der Waals surface area contributed by atoms with Crippen LogP contribution in [0.5, 0.6) is 0 Å². The Kier molecular flexibility index (Phi) is 4.00. The molecule has 0 radical (unpaired) electrons. The lowest BCUT2D eigenvalue weighted by atomic mass is 10.2. The van der Waals surface area contributed by atoms with Crippen LogP contribution in [0.3, 0.4) is 0 Å². The maximum absolute atomic E-state index is 12.6. The summed E-state index contributed by atoms with van der Waals surface area (Å²) in [6.45, 7) is 1.54. The fraction of sp³-hybridized carbons (Fsp3) is 0.500. The minimum Gasteiger partial charge on any atom is -0.481 e. The lowest BCUT2D eigenvalue weighted by Gasteiger charge is -2.13. The molecule has 1 unspecified atom stereocenters. The molecule has 7 heteroatoms. The van der Waals surface area contributed by atoms with Crippen molar-refractivity contribution in [3.8, 4) is 0 Å². The second kappa shape index (κ2) is 4.86. The molecule has 0 fully saturated rings. The van der Waals surface area contributed by atoms with Crippen LogP contribution in [0.25, 0.3) is 0 Å². The molecule has 1 aromatic heterocycles. The SMILES string of the molecule is CC(CC(=O)O)n1ncc(I)c1C(F)F. The van der Waals surface area contributed by atoms with Crippen molar-refractivity contribution in [2.45, 2.75) is 25.8 Å². The van der Waals surface area contributed by atoms with Gasteiger partial charge in [0.05, 0.1) is 22.2 Å². The molecule has 0 saturated heterocycles. The van der Waals surface area contributed by atoms with Gasteiger partial charge in [0.2, 0.25) is 0 Å². The summed E-state index contributed by atoms with van der Waals surface area (Å²) in [6.07, 6.45) is -1.56. The van der Waals surface area contributed by atoms with Gasteiger partial charge in [0.1, 0.15) is 5.69 Å². The summed E-state index contributed by atoms with van der Waals surface area (Å²) in [5.74, 6) is -1.03. The molecule has 0 aromatic carbocycles. The number of aliphatic carboxylic acids is 1. The lowest BCUT2D eigenvalue weighted by Crippen LogP contribution is -2.15. The van der Waals surface area contributed by atoms with Gasteiger partial charge in [-0.2, -0.15) is 5.10 Å². The van der Waals surface area contributed by atoms with E-state index >= 15 is 0 Å². The zero-order chi connectivity index (χ0) is 11.6. The Bertz CT molecular complexity index is 368. The molecule has 1 aromatic rings. The van der Waals surface area contributed by atoms with E-state index in [9.17, 15) is 13.6 Å². The highest BCUT2D eigenvalue weighted by atomic mass is 127. The van der Waals surface area contributed by atoms with E-state index in [1.54, 1.807) is 29.5 Å². The lowest BCUT2D eigenvalue weighted by molar-refractivity contribution is -0.137. The van der Waals surface area contributed by atoms with E-state index in [2.05, 4.69) is 5.10 Å². The Balaban J connectivity index is 2.98. The highest BCUT2D eigenvalue weighted by Gasteiger charge is 2.22. The van der Waals surface area contributed by atoms with Crippen LogP contribution >= 0.6 is 22.6 Å². The van der Waals surface area contributed by atoms with Crippen LogP contribution in [0.1, 0.15) is 31.5 Å². The average Bonchev–Trinajstić information content (AvgIpc) is 2.45. The first-order valence-corrected chi connectivity index (χ1v) is 5.24. The van der Waals surface area contributed by atoms with Gasteiger partial charge in [0.25, 0.3) is 6.43 Å². The molecular weight excluding hydrogens is 321 g/mol. The van der Waals surface area contributed by atoms with Crippen LogP contribution in [0.15, 0.2) is 6.20 Å². The predicted octanol–water partition coefficient (Wildman–Crippen LogP) is 2.46. The summed E-state index contributed by atoms with van der Waals surface area (Å²) in [7, 11) is 0. The van der Waals surface area contributed by atoms with Gasteiger partial charge >= 0.3 is 5.97 Å². The predicted molar refractivity (Wildman–Crippen MR) is 56.9 cm³/mol. The van der Waals surface area contributed by atoms with Crippen LogP contribution in [0.2, 0.25) is 0 Å². The normalized spacial score (nSPS) is 13.1. The minimum absolute atomic E-state index is 0.218. The zero-order valence-electron chi connectivity index (χ0n) is 7.82. The maximum Gasteiger partial charge on any atom is 0.305 e. The van der Waals surface area contributed by atoms with Gasteiger partial charge in [0.15, 0.2) is 0 Å². The third-order valence-corrected chi connectivity index (χ3v) is 2.71. The summed E-state index contributed by atoms with van der Waals surface area (Å²) in [5.41, 5.74) is -0.218. The van der Waals surface area contributed by atoms with Crippen molar-refractivity contribution in [2.75, 3.05) is 0 Å². The monoisotopic (exact) mass is 330 g/mol. The molecule has 84 valence electrons. The molecule has 1 heterocycles. The summed E-state index contributed by atoms with van der Waals surface area (Å²) < 4.78 is 26.6. The van der Waals surface area contributed by atoms with E-state index < -0.39 is 18.4 Å². The molecule has 0 bridgehead atoms. The van der Waals surface area contributed by atoms with Crippen LogP contribution in [-0.4, -0.2) is 20.9 Å². The average molecular weight is 330 g/mol. The zero-order valence-corrected chi connectivity index (χ0v) is 9.98. The molecule has 0 aliphatic rings. The van der Waals surface area contributed by atoms with Gasteiger partial charge in [0, 0.05) is 0 Å². The summed E-state index contributed by atoms with van der Waals surface area (Å²) in [6, 6.07) is -0.574. The smallest absolute Gasteiger partial charge is 0.305 e. The Labute approximate surface area is 98.4 Å². The first-order chi connectivity index (χ1) is 6.93. The van der Waals surface area contributed by atoms with Crippen molar-refractivity contribution in [3.63, 3.8) is 0 Å². The molecule has 15 heavy (non-hydrogen) atoms. The summed E-state index contributed by atoms with van der Waals surface area (Å²) >= 11 is 1.75. The number of hydrogen-bond donors (Lipinski definition) is 1. The largest absolute Gasteiger partial charge is 0.481 e. The van der Waals surface area contributed by atoms with Gasteiger partial charge in [-0.25, -0.2) is 8.78 Å². The summed E-state index contributed by atoms with van der Waals surface area (Å²) in [5, 5.41) is 12.3. The highest BCUT2D eigenvalue weighted by molar-refractivity contribution is 14.1. The standard InChI is InChI=1S/C8H9F2IN2O2/c1-4(2-6(14)15)13-7(8(9)10)5(11)3-12-13/h3-4,8H,2H2,1H3,(H,14,15). The van der Waals surface area contributed by atoms with Gasteiger partial charge in [-0.15, -0.1) is 0 Å². The van der Waals surface area contributed by atoms with Crippen LogP contribution < -0.4 is 0 Å². The van der Waals surface area contributed by atoms with Crippen molar-refractivity contribution >= 4 is 28.6 Å². The Morgan fingerprint density at radius 1 is 1.73 bits per heavy atom. The van der Waals surface area contributed by atoms with E-state index in [1.165, 1.54) is 6.20 Å². The molecule has 0 spiro atoms.